The van der Waals surface area contributed by atoms with E-state index in [2.05, 4.69) is 51.9 Å². The number of carbonyl (C=O) groups excluding carboxylic acids is 3. The maximum absolute atomic E-state index is 14.1. The third-order valence-electron chi connectivity index (χ3n) is 12.8. The molecular weight excluding hydrogens is 924 g/mol. The van der Waals surface area contributed by atoms with Gasteiger partial charge in [-0.25, -0.2) is 14.4 Å². The van der Waals surface area contributed by atoms with Crippen molar-refractivity contribution in [1.29, 1.82) is 0 Å². The van der Waals surface area contributed by atoms with E-state index in [9.17, 15) is 23.9 Å². The summed E-state index contributed by atoms with van der Waals surface area (Å²) >= 11 is 1.58. The molecule has 6 aromatic rings. The zero-order valence-corrected chi connectivity index (χ0v) is 42.8. The Morgan fingerprint density at radius 1 is 0.887 bits per heavy atom. The van der Waals surface area contributed by atoms with Crippen LogP contribution < -0.4 is 16.0 Å². The van der Waals surface area contributed by atoms with Crippen LogP contribution in [-0.4, -0.2) is 118 Å². The minimum atomic E-state index is -0.933. The molecule has 4 atom stereocenters. The summed E-state index contributed by atoms with van der Waals surface area (Å²) in [6.07, 6.45) is 2.78. The number of pyridine rings is 1. The van der Waals surface area contributed by atoms with Crippen LogP contribution in [0.25, 0.3) is 43.9 Å². The second-order valence-electron chi connectivity index (χ2n) is 19.3. The van der Waals surface area contributed by atoms with Crippen molar-refractivity contribution in [1.82, 2.24) is 40.4 Å². The van der Waals surface area contributed by atoms with Gasteiger partial charge < -0.3 is 44.7 Å². The Balaban J connectivity index is 0.773. The van der Waals surface area contributed by atoms with Gasteiger partial charge in [0.1, 0.15) is 17.9 Å². The van der Waals surface area contributed by atoms with Gasteiger partial charge in [0.15, 0.2) is 0 Å². The fraction of sp³-hybridized carbons (Fsp3) is 0.444. The fourth-order valence-corrected chi connectivity index (χ4v) is 9.93. The molecule has 17 heteroatoms. The number of nitrogens with zero attached hydrogens (tertiary/aromatic N) is 5. The number of carbonyl (C=O) groups is 3. The number of halogens is 1. The van der Waals surface area contributed by atoms with E-state index in [1.807, 2.05) is 88.4 Å². The minimum Gasteiger partial charge on any atom is -0.391 e. The summed E-state index contributed by atoms with van der Waals surface area (Å²) in [5, 5.41) is 20.9. The maximum atomic E-state index is 14.1. The lowest BCUT2D eigenvalue weighted by atomic mass is 9.85. The van der Waals surface area contributed by atoms with Crippen LogP contribution in [0, 0.1) is 32.0 Å². The third kappa shape index (κ3) is 13.3. The Morgan fingerprint density at radius 3 is 2.25 bits per heavy atom. The highest BCUT2D eigenvalue weighted by molar-refractivity contribution is 7.13. The summed E-state index contributed by atoms with van der Waals surface area (Å²) in [5.41, 5.74) is 11.9. The van der Waals surface area contributed by atoms with Gasteiger partial charge in [-0.1, -0.05) is 57.2 Å². The number of aliphatic hydroxyl groups is 1. The van der Waals surface area contributed by atoms with Gasteiger partial charge in [-0.05, 0) is 79.1 Å². The first-order valence-electron chi connectivity index (χ1n) is 24.2. The zero-order chi connectivity index (χ0) is 50.8. The van der Waals surface area contributed by atoms with E-state index < -0.39 is 29.5 Å². The lowest BCUT2D eigenvalue weighted by Gasteiger charge is -2.35. The van der Waals surface area contributed by atoms with Crippen molar-refractivity contribution >= 4 is 40.0 Å². The number of likely N-dealkylation sites (tertiary alicyclic amines) is 1. The van der Waals surface area contributed by atoms with Crippen LogP contribution in [0.15, 0.2) is 78.7 Å². The number of hydrogen-bond acceptors (Lipinski definition) is 12. The Morgan fingerprint density at radius 2 is 1.58 bits per heavy atom. The first kappa shape index (κ1) is 52.9. The SMILES string of the molecule is Cc1cc(CNCCOCCOCCOCCC(=O)N[C@H](C(=O)N2C[C@H](O)C[C@H]2C(=O)N[C@@H](C)c2ccc(-c3scnc3C)cc2)C(C)(C)C)cc(C)c1-c1ncn(C)c1-c1ccnc2cc(F)ccc12. The van der Waals surface area contributed by atoms with Crippen LogP contribution in [0.2, 0.25) is 0 Å². The number of aromatic nitrogens is 4. The third-order valence-corrected chi connectivity index (χ3v) is 13.7. The molecule has 0 radical (unpaired) electrons. The molecule has 71 heavy (non-hydrogen) atoms. The van der Waals surface area contributed by atoms with Gasteiger partial charge in [0.05, 0.1) is 91.1 Å². The van der Waals surface area contributed by atoms with Crippen LogP contribution in [-0.2, 0) is 42.2 Å². The molecule has 3 aromatic heterocycles. The van der Waals surface area contributed by atoms with Crippen LogP contribution in [0.3, 0.4) is 0 Å². The molecule has 1 fully saturated rings. The summed E-state index contributed by atoms with van der Waals surface area (Å²) in [4.78, 5) is 56.8. The van der Waals surface area contributed by atoms with Crippen LogP contribution >= 0.6 is 11.3 Å². The van der Waals surface area contributed by atoms with Crippen LogP contribution in [0.5, 0.6) is 0 Å². The molecule has 4 N–H and O–H groups in total. The molecule has 15 nitrogen and oxygen atoms in total. The average molecular weight is 991 g/mol. The van der Waals surface area contributed by atoms with E-state index in [0.29, 0.717) is 45.0 Å². The van der Waals surface area contributed by atoms with Gasteiger partial charge in [-0.3, -0.25) is 19.4 Å². The van der Waals surface area contributed by atoms with E-state index in [1.54, 1.807) is 23.6 Å². The molecule has 0 aliphatic carbocycles. The number of aryl methyl sites for hydroxylation is 4. The number of amides is 3. The lowest BCUT2D eigenvalue weighted by Crippen LogP contribution is -2.58. The normalized spacial score (nSPS) is 15.8. The Hall–Kier alpha value is -5.95. The van der Waals surface area contributed by atoms with Crippen molar-refractivity contribution in [2.45, 2.75) is 92.1 Å². The van der Waals surface area contributed by atoms with Crippen LogP contribution in [0.4, 0.5) is 4.39 Å². The van der Waals surface area contributed by atoms with E-state index in [-0.39, 0.29) is 56.3 Å². The fourth-order valence-electron chi connectivity index (χ4n) is 9.12. The molecule has 3 aromatic carbocycles. The number of ether oxygens (including phenoxy) is 3. The molecule has 1 aliphatic heterocycles. The number of fused-ring (bicyclic) bond motifs is 1. The topological polar surface area (TPSA) is 182 Å². The summed E-state index contributed by atoms with van der Waals surface area (Å²) in [7, 11) is 1.97. The van der Waals surface area contributed by atoms with Crippen molar-refractivity contribution in [3.05, 3.63) is 112 Å². The summed E-state index contributed by atoms with van der Waals surface area (Å²) in [6.45, 7) is 17.0. The molecule has 3 amide bonds. The Bertz CT molecular complexity index is 2770. The van der Waals surface area contributed by atoms with Gasteiger partial charge in [0.25, 0.3) is 0 Å². The first-order chi connectivity index (χ1) is 34.0. The molecule has 0 spiro atoms. The summed E-state index contributed by atoms with van der Waals surface area (Å²) < 4.78 is 33.1. The molecule has 1 saturated heterocycles. The molecule has 0 saturated carbocycles. The quantitative estimate of drug-likeness (QED) is 0.0498. The second-order valence-corrected chi connectivity index (χ2v) is 20.2. The number of hydrogen-bond donors (Lipinski definition) is 4. The second kappa shape index (κ2) is 24.0. The highest BCUT2D eigenvalue weighted by atomic mass is 32.1. The standard InChI is InChI=1S/C54H67FN8O7S/c1-33-25-37(26-34(2)47(33)48-49(62(8)31-58-48)43-15-17-57-44-27-40(55)13-14-42(43)44)29-56-18-20-69-22-24-70-23-21-68-19-16-46(65)61-51(54(5,6)7)53(67)63-30-41(64)28-45(63)52(66)60-35(3)38-9-11-39(12-10-38)50-36(4)59-32-71-50/h9-15,17,25-27,31-32,35,41,45,51,56,64H,16,18-24,28-30H2,1-8H3,(H,60,66)(H,61,65)/t35-,41+,45-,51+/m0/s1. The molecule has 4 heterocycles. The van der Waals surface area contributed by atoms with E-state index in [0.717, 1.165) is 66.3 Å². The number of thiazole rings is 1. The van der Waals surface area contributed by atoms with E-state index in [1.165, 1.54) is 17.0 Å². The molecular formula is C54H67FN8O7S. The van der Waals surface area contributed by atoms with Gasteiger partial charge in [0.2, 0.25) is 17.7 Å². The predicted molar refractivity (Wildman–Crippen MR) is 274 cm³/mol. The molecule has 1 aliphatic rings. The maximum Gasteiger partial charge on any atom is 0.246 e. The van der Waals surface area contributed by atoms with Gasteiger partial charge in [-0.15, -0.1) is 11.3 Å². The van der Waals surface area contributed by atoms with Crippen molar-refractivity contribution in [3.63, 3.8) is 0 Å². The lowest BCUT2D eigenvalue weighted by molar-refractivity contribution is -0.144. The highest BCUT2D eigenvalue weighted by Gasteiger charge is 2.44. The van der Waals surface area contributed by atoms with Gasteiger partial charge in [0, 0.05) is 68.3 Å². The van der Waals surface area contributed by atoms with Crippen molar-refractivity contribution < 1.29 is 38.1 Å². The first-order valence-corrected chi connectivity index (χ1v) is 25.1. The van der Waals surface area contributed by atoms with E-state index >= 15 is 0 Å². The van der Waals surface area contributed by atoms with Crippen LogP contribution in [0.1, 0.15) is 74.5 Å². The number of aliphatic hydroxyl groups excluding tert-OH is 1. The molecule has 0 unspecified atom stereocenters. The van der Waals surface area contributed by atoms with Crippen molar-refractivity contribution in [2.24, 2.45) is 12.5 Å². The predicted octanol–water partition coefficient (Wildman–Crippen LogP) is 7.39. The average Bonchev–Trinajstić information content (AvgIpc) is 4.06. The summed E-state index contributed by atoms with van der Waals surface area (Å²) in [6, 6.07) is 16.8. The van der Waals surface area contributed by atoms with Gasteiger partial charge in [-0.2, -0.15) is 0 Å². The number of β-amino-alcohol motifs (C(OH)–C–C–N with tert-alkyl or cyclic N) is 1. The monoisotopic (exact) mass is 990 g/mol. The highest BCUT2D eigenvalue weighted by Crippen LogP contribution is 2.38. The number of imidazole rings is 1. The van der Waals surface area contributed by atoms with Gasteiger partial charge >= 0.3 is 0 Å². The number of rotatable bonds is 22. The largest absolute Gasteiger partial charge is 0.391 e. The smallest absolute Gasteiger partial charge is 0.246 e. The molecule has 378 valence electrons. The Labute approximate surface area is 419 Å². The minimum absolute atomic E-state index is 0.00771. The summed E-state index contributed by atoms with van der Waals surface area (Å²) in [5.74, 6) is -1.46. The molecule has 0 bridgehead atoms. The Kier molecular flexibility index (Phi) is 17.9. The number of nitrogens with one attached hydrogen (secondary N) is 3. The zero-order valence-electron chi connectivity index (χ0n) is 42.0. The molecule has 7 rings (SSSR count). The number of benzene rings is 3. The van der Waals surface area contributed by atoms with Crippen molar-refractivity contribution in [3.8, 4) is 33.0 Å². The van der Waals surface area contributed by atoms with Crippen molar-refractivity contribution in [2.75, 3.05) is 52.7 Å². The van der Waals surface area contributed by atoms with E-state index in [4.69, 9.17) is 19.2 Å².